The van der Waals surface area contributed by atoms with Crippen molar-refractivity contribution in [3.63, 3.8) is 0 Å². The average Bonchev–Trinajstić information content (AvgIpc) is 3.22. The summed E-state index contributed by atoms with van der Waals surface area (Å²) in [6, 6.07) is 9.10. The molecule has 1 aromatic carbocycles. The molecule has 4 heteroatoms. The minimum absolute atomic E-state index is 0.0173. The summed E-state index contributed by atoms with van der Waals surface area (Å²) in [4.78, 5) is 12.2. The maximum atomic E-state index is 12.2. The van der Waals surface area contributed by atoms with Crippen LogP contribution < -0.4 is 10.1 Å². The van der Waals surface area contributed by atoms with Crippen LogP contribution in [-0.4, -0.2) is 29.6 Å². The molecule has 0 heterocycles. The summed E-state index contributed by atoms with van der Waals surface area (Å²) in [5, 5.41) is 14.9. The number of rotatable bonds is 9. The fourth-order valence-electron chi connectivity index (χ4n) is 9.25. The van der Waals surface area contributed by atoms with Gasteiger partial charge < -0.3 is 15.2 Å². The number of hydrogen-bond acceptors (Lipinski definition) is 4. The topological polar surface area (TPSA) is 58.6 Å². The largest absolute Gasteiger partial charge is 0.494 e. The van der Waals surface area contributed by atoms with E-state index in [0.717, 1.165) is 69.6 Å². The van der Waals surface area contributed by atoms with Crippen molar-refractivity contribution in [2.45, 2.75) is 117 Å². The highest BCUT2D eigenvalue weighted by molar-refractivity contribution is 5.79. The monoisotopic (exact) mass is 495 g/mol. The lowest BCUT2D eigenvalue weighted by molar-refractivity contribution is -0.145. The van der Waals surface area contributed by atoms with Crippen LogP contribution in [0, 0.1) is 34.5 Å². The van der Waals surface area contributed by atoms with Crippen molar-refractivity contribution in [1.82, 2.24) is 5.32 Å². The number of benzene rings is 1. The van der Waals surface area contributed by atoms with Gasteiger partial charge in [-0.25, -0.2) is 0 Å². The van der Waals surface area contributed by atoms with E-state index in [4.69, 9.17) is 4.74 Å². The smallest absolute Gasteiger partial charge is 0.133 e. The molecule has 0 aliphatic heterocycles. The molecular weight excluding hydrogens is 446 g/mol. The number of carbonyl (C=O) groups is 1. The van der Waals surface area contributed by atoms with Crippen LogP contribution in [0.25, 0.3) is 0 Å². The summed E-state index contributed by atoms with van der Waals surface area (Å²) in [5.74, 6) is 4.09. The Morgan fingerprint density at radius 3 is 2.72 bits per heavy atom. The zero-order chi connectivity index (χ0) is 25.3. The number of aliphatic hydroxyl groups excluding tert-OH is 1. The Bertz CT molecular complexity index is 912. The molecule has 4 nitrogen and oxygen atoms in total. The first kappa shape index (κ1) is 26.2. The number of carbonyl (C=O) groups excluding carboxylic acids is 1. The van der Waals surface area contributed by atoms with E-state index < -0.39 is 0 Å². The molecule has 4 aliphatic rings. The number of fused-ring (bicyclic) bond motifs is 5. The molecule has 0 aromatic heterocycles. The van der Waals surface area contributed by atoms with Gasteiger partial charge in [0.05, 0.1) is 12.7 Å². The number of Topliss-reactive ketones (excluding diaryl/α,β-unsaturated/α-hetero) is 1. The number of ketones is 1. The van der Waals surface area contributed by atoms with Crippen LogP contribution in [0.2, 0.25) is 0 Å². The first-order valence-electron chi connectivity index (χ1n) is 15.0. The van der Waals surface area contributed by atoms with Gasteiger partial charge in [0.25, 0.3) is 0 Å². The summed E-state index contributed by atoms with van der Waals surface area (Å²) in [5.41, 5.74) is 1.62. The van der Waals surface area contributed by atoms with Crippen LogP contribution in [0.15, 0.2) is 24.3 Å². The number of nitrogens with one attached hydrogen (secondary N) is 1. The highest BCUT2D eigenvalue weighted by atomic mass is 16.5. The van der Waals surface area contributed by atoms with E-state index >= 15 is 0 Å². The van der Waals surface area contributed by atoms with Crippen molar-refractivity contribution < 1.29 is 14.6 Å². The molecule has 0 spiro atoms. The third-order valence-corrected chi connectivity index (χ3v) is 11.5. The zero-order valence-electron chi connectivity index (χ0n) is 22.9. The lowest BCUT2D eigenvalue weighted by Crippen LogP contribution is -2.55. The summed E-state index contributed by atoms with van der Waals surface area (Å²) in [7, 11) is 0. The van der Waals surface area contributed by atoms with Crippen molar-refractivity contribution in [1.29, 1.82) is 0 Å². The second-order valence-corrected chi connectivity index (χ2v) is 12.9. The van der Waals surface area contributed by atoms with Gasteiger partial charge in [-0.3, -0.25) is 4.79 Å². The Morgan fingerprint density at radius 1 is 1.08 bits per heavy atom. The van der Waals surface area contributed by atoms with E-state index in [2.05, 4.69) is 50.4 Å². The summed E-state index contributed by atoms with van der Waals surface area (Å²) in [6.45, 7) is 8.54. The van der Waals surface area contributed by atoms with Crippen LogP contribution in [0.4, 0.5) is 0 Å². The van der Waals surface area contributed by atoms with E-state index in [9.17, 15) is 9.90 Å². The van der Waals surface area contributed by atoms with Gasteiger partial charge in [0.1, 0.15) is 11.5 Å². The molecule has 2 N–H and O–H groups in total. The molecule has 0 saturated heterocycles. The van der Waals surface area contributed by atoms with Gasteiger partial charge in [-0.05, 0) is 111 Å². The Labute approximate surface area is 219 Å². The Balaban J connectivity index is 1.23. The van der Waals surface area contributed by atoms with E-state index in [-0.39, 0.29) is 11.5 Å². The van der Waals surface area contributed by atoms with Crippen LogP contribution in [0.5, 0.6) is 5.75 Å². The predicted octanol–water partition coefficient (Wildman–Crippen LogP) is 6.69. The van der Waals surface area contributed by atoms with Crippen molar-refractivity contribution >= 4 is 5.78 Å². The van der Waals surface area contributed by atoms with Crippen molar-refractivity contribution in [2.24, 2.45) is 34.5 Å². The predicted molar refractivity (Wildman–Crippen MR) is 145 cm³/mol. The van der Waals surface area contributed by atoms with E-state index in [1.807, 2.05) is 0 Å². The standard InChI is InChI=1S/C32H49NO3/c1-4-24(5-2)33-21-22-7-6-8-26(19-22)36-18-17-32-16-14-28-27(29(32)11-12-30(32)35)10-9-23-20-25(34)13-15-31(23,28)3/h6-8,19,23-24,27-30,33,35H,4-5,9-18,20-21H2,1-3H3/t23?,27?,28?,29?,30-,31-,32+/m0/s1. The van der Waals surface area contributed by atoms with E-state index in [0.29, 0.717) is 41.6 Å². The Morgan fingerprint density at radius 2 is 1.92 bits per heavy atom. The van der Waals surface area contributed by atoms with Gasteiger partial charge >= 0.3 is 0 Å². The van der Waals surface area contributed by atoms with Gasteiger partial charge in [-0.15, -0.1) is 0 Å². The zero-order valence-corrected chi connectivity index (χ0v) is 22.9. The van der Waals surface area contributed by atoms with Gasteiger partial charge in [0.15, 0.2) is 0 Å². The summed E-state index contributed by atoms with van der Waals surface area (Å²) >= 11 is 0. The third-order valence-electron chi connectivity index (χ3n) is 11.5. The molecule has 7 atom stereocenters. The highest BCUT2D eigenvalue weighted by Gasteiger charge is 2.61. The third kappa shape index (κ3) is 4.77. The summed E-state index contributed by atoms with van der Waals surface area (Å²) < 4.78 is 6.34. The van der Waals surface area contributed by atoms with E-state index in [1.165, 1.54) is 31.2 Å². The lowest BCUT2D eigenvalue weighted by atomic mass is 9.44. The fraction of sp³-hybridized carbons (Fsp3) is 0.781. The van der Waals surface area contributed by atoms with E-state index in [1.54, 1.807) is 0 Å². The maximum absolute atomic E-state index is 12.2. The molecular formula is C32H49NO3. The molecule has 5 rings (SSSR count). The van der Waals surface area contributed by atoms with Crippen molar-refractivity contribution in [3.05, 3.63) is 29.8 Å². The van der Waals surface area contributed by atoms with Gasteiger partial charge in [0.2, 0.25) is 0 Å². The molecule has 4 fully saturated rings. The number of aliphatic hydroxyl groups is 1. The number of hydrogen-bond donors (Lipinski definition) is 2. The molecule has 1 aromatic rings. The normalized spacial score (nSPS) is 37.9. The molecule has 4 unspecified atom stereocenters. The first-order chi connectivity index (χ1) is 17.4. The summed E-state index contributed by atoms with van der Waals surface area (Å²) in [6.07, 6.45) is 12.7. The lowest BCUT2D eigenvalue weighted by Gasteiger charge is -2.60. The van der Waals surface area contributed by atoms with Gasteiger partial charge in [0, 0.05) is 30.8 Å². The van der Waals surface area contributed by atoms with Crippen LogP contribution in [0.1, 0.15) is 103 Å². The highest BCUT2D eigenvalue weighted by Crippen LogP contribution is 2.66. The molecule has 4 saturated carbocycles. The molecule has 4 aliphatic carbocycles. The van der Waals surface area contributed by atoms with Crippen molar-refractivity contribution in [2.75, 3.05) is 6.61 Å². The molecule has 0 amide bonds. The first-order valence-corrected chi connectivity index (χ1v) is 15.0. The SMILES string of the molecule is CCC(CC)NCc1cccc(OCC[C@]23CCC4C(CCC5CC(=O)CC[C@@]54C)C2CC[C@@H]3O)c1. The number of ether oxygens (including phenoxy) is 1. The minimum atomic E-state index is -0.193. The molecule has 0 bridgehead atoms. The van der Waals surface area contributed by atoms with Crippen LogP contribution in [0.3, 0.4) is 0 Å². The quantitative estimate of drug-likeness (QED) is 0.401. The second kappa shape index (κ2) is 10.8. The molecule has 0 radical (unpaired) electrons. The van der Waals surface area contributed by atoms with Crippen LogP contribution >= 0.6 is 0 Å². The van der Waals surface area contributed by atoms with Gasteiger partial charge in [-0.2, -0.15) is 0 Å². The Hall–Kier alpha value is -1.39. The van der Waals surface area contributed by atoms with Gasteiger partial charge in [-0.1, -0.05) is 32.9 Å². The second-order valence-electron chi connectivity index (χ2n) is 12.9. The van der Waals surface area contributed by atoms with Crippen LogP contribution in [-0.2, 0) is 11.3 Å². The Kier molecular flexibility index (Phi) is 7.85. The fourth-order valence-corrected chi connectivity index (χ4v) is 9.25. The minimum Gasteiger partial charge on any atom is -0.494 e. The maximum Gasteiger partial charge on any atom is 0.133 e. The molecule has 36 heavy (non-hydrogen) atoms. The average molecular weight is 496 g/mol. The molecule has 200 valence electrons. The van der Waals surface area contributed by atoms with Crippen molar-refractivity contribution in [3.8, 4) is 5.75 Å².